The van der Waals surface area contributed by atoms with Crippen molar-refractivity contribution in [1.29, 1.82) is 0 Å². The molecule has 0 spiro atoms. The molecule has 10 nitrogen and oxygen atoms in total. The van der Waals surface area contributed by atoms with Crippen LogP contribution in [0, 0.1) is 20.2 Å². The van der Waals surface area contributed by atoms with Gasteiger partial charge in [-0.3, -0.25) is 20.2 Å². The van der Waals surface area contributed by atoms with Crippen molar-refractivity contribution in [2.24, 2.45) is 0 Å². The van der Waals surface area contributed by atoms with Gasteiger partial charge in [-0.15, -0.1) is 0 Å². The Morgan fingerprint density at radius 1 is 0.656 bits per heavy atom. The highest BCUT2D eigenvalue weighted by atomic mass is 16.6. The van der Waals surface area contributed by atoms with E-state index in [0.717, 1.165) is 0 Å². The van der Waals surface area contributed by atoms with Crippen molar-refractivity contribution in [3.8, 4) is 11.5 Å². The fourth-order valence-corrected chi connectivity index (χ4v) is 2.93. The van der Waals surface area contributed by atoms with Crippen molar-refractivity contribution in [3.05, 3.63) is 93.0 Å². The second-order valence-corrected chi connectivity index (χ2v) is 6.57. The molecule has 166 valence electrons. The Kier molecular flexibility index (Phi) is 7.79. The van der Waals surface area contributed by atoms with E-state index >= 15 is 0 Å². The predicted molar refractivity (Wildman–Crippen MR) is 121 cm³/mol. The third kappa shape index (κ3) is 6.33. The number of hydrogen-bond donors (Lipinski definition) is 2. The summed E-state index contributed by atoms with van der Waals surface area (Å²) >= 11 is 0. The summed E-state index contributed by atoms with van der Waals surface area (Å²) in [5.74, 6) is 1.19. The van der Waals surface area contributed by atoms with Gasteiger partial charge in [-0.1, -0.05) is 30.3 Å². The van der Waals surface area contributed by atoms with E-state index in [0.29, 0.717) is 49.2 Å². The zero-order valence-corrected chi connectivity index (χ0v) is 17.1. The van der Waals surface area contributed by atoms with Crippen LogP contribution in [0.15, 0.2) is 72.8 Å². The molecule has 0 aromatic heterocycles. The lowest BCUT2D eigenvalue weighted by Crippen LogP contribution is -2.13. The van der Waals surface area contributed by atoms with Gasteiger partial charge in [-0.05, 0) is 24.3 Å². The summed E-state index contributed by atoms with van der Waals surface area (Å²) in [5, 5.41) is 28.1. The van der Waals surface area contributed by atoms with Crippen LogP contribution in [-0.4, -0.2) is 36.1 Å². The van der Waals surface area contributed by atoms with Gasteiger partial charge in [0.05, 0.1) is 9.85 Å². The van der Waals surface area contributed by atoms with E-state index in [4.69, 9.17) is 9.47 Å². The maximum atomic E-state index is 11.0. The Labute approximate surface area is 184 Å². The summed E-state index contributed by atoms with van der Waals surface area (Å²) in [4.78, 5) is 21.2. The van der Waals surface area contributed by atoms with E-state index in [-0.39, 0.29) is 11.4 Å². The minimum Gasteiger partial charge on any atom is -0.492 e. The van der Waals surface area contributed by atoms with Crippen LogP contribution in [0.1, 0.15) is 0 Å². The molecule has 0 saturated carbocycles. The second-order valence-electron chi connectivity index (χ2n) is 6.57. The predicted octanol–water partition coefficient (Wildman–Crippen LogP) is 4.48. The first kappa shape index (κ1) is 22.3. The number of ether oxygens (including phenoxy) is 2. The molecule has 32 heavy (non-hydrogen) atoms. The first-order valence-electron chi connectivity index (χ1n) is 9.85. The Morgan fingerprint density at radius 3 is 1.53 bits per heavy atom. The molecule has 10 heteroatoms. The topological polar surface area (TPSA) is 129 Å². The molecule has 0 radical (unpaired) electrons. The lowest BCUT2D eigenvalue weighted by molar-refractivity contribution is -0.384. The van der Waals surface area contributed by atoms with E-state index < -0.39 is 9.85 Å². The maximum absolute atomic E-state index is 11.0. The number of benzene rings is 3. The highest BCUT2D eigenvalue weighted by Gasteiger charge is 2.12. The van der Waals surface area contributed by atoms with Crippen molar-refractivity contribution < 1.29 is 19.3 Å². The van der Waals surface area contributed by atoms with Crippen LogP contribution in [0.25, 0.3) is 0 Å². The summed E-state index contributed by atoms with van der Waals surface area (Å²) in [5.41, 5.74) is 0.892. The Balaban J connectivity index is 1.43. The molecule has 2 N–H and O–H groups in total. The third-order valence-corrected chi connectivity index (χ3v) is 4.38. The highest BCUT2D eigenvalue weighted by Crippen LogP contribution is 2.24. The Morgan fingerprint density at radius 2 is 1.09 bits per heavy atom. The number of nitrogens with zero attached hydrogens (tertiary/aromatic N) is 2. The molecule has 0 saturated heterocycles. The average Bonchev–Trinajstić information content (AvgIpc) is 2.80. The third-order valence-electron chi connectivity index (χ3n) is 4.38. The fraction of sp³-hybridized carbons (Fsp3) is 0.182. The number of rotatable bonds is 12. The molecule has 0 aliphatic carbocycles. The summed E-state index contributed by atoms with van der Waals surface area (Å²) < 4.78 is 11.4. The highest BCUT2D eigenvalue weighted by molar-refractivity contribution is 5.61. The lowest BCUT2D eigenvalue weighted by Gasteiger charge is -2.11. The largest absolute Gasteiger partial charge is 0.492 e. The molecular formula is C22H22N4O6. The molecule has 3 rings (SSSR count). The van der Waals surface area contributed by atoms with Gasteiger partial charge >= 0.3 is 0 Å². The van der Waals surface area contributed by atoms with E-state index in [9.17, 15) is 20.2 Å². The molecule has 0 unspecified atom stereocenters. The molecule has 0 atom stereocenters. The van der Waals surface area contributed by atoms with Gasteiger partial charge in [-0.2, -0.15) is 0 Å². The molecule has 0 fully saturated rings. The number of hydrogen-bond acceptors (Lipinski definition) is 8. The number of anilines is 2. The number of nitrogens with one attached hydrogen (secondary N) is 2. The van der Waals surface area contributed by atoms with Gasteiger partial charge in [0.25, 0.3) is 11.4 Å². The van der Waals surface area contributed by atoms with Crippen LogP contribution < -0.4 is 20.1 Å². The molecule has 3 aromatic rings. The molecule has 0 bridgehead atoms. The molecule has 0 heterocycles. The fourth-order valence-electron chi connectivity index (χ4n) is 2.93. The minimum atomic E-state index is -0.436. The Bertz CT molecular complexity index is 995. The molecule has 0 amide bonds. The lowest BCUT2D eigenvalue weighted by atomic mass is 10.2. The first-order chi connectivity index (χ1) is 15.5. The van der Waals surface area contributed by atoms with Crippen molar-refractivity contribution >= 4 is 22.7 Å². The average molecular weight is 438 g/mol. The monoisotopic (exact) mass is 438 g/mol. The van der Waals surface area contributed by atoms with Crippen molar-refractivity contribution in [3.63, 3.8) is 0 Å². The van der Waals surface area contributed by atoms with Gasteiger partial charge in [0.2, 0.25) is 0 Å². The number of nitro benzene ring substituents is 2. The minimum absolute atomic E-state index is 0.0114. The standard InChI is InChI=1S/C22H22N4O6/c27-25(28)21-10-3-1-8-19(21)23-12-14-31-17-6-5-7-18(16-17)32-15-13-24-20-9-2-4-11-22(20)26(29)30/h1-11,16,23-24H,12-15H2. The first-order valence-corrected chi connectivity index (χ1v) is 9.85. The number of para-hydroxylation sites is 4. The van der Waals surface area contributed by atoms with Crippen molar-refractivity contribution in [2.45, 2.75) is 0 Å². The molecule has 0 aliphatic heterocycles. The summed E-state index contributed by atoms with van der Waals surface area (Å²) in [7, 11) is 0. The van der Waals surface area contributed by atoms with E-state index in [1.54, 1.807) is 60.7 Å². The normalized spacial score (nSPS) is 10.2. The SMILES string of the molecule is O=[N+]([O-])c1ccccc1NCCOc1cccc(OCCNc2ccccc2[N+](=O)[O-])c1. The Hall–Kier alpha value is -4.34. The van der Waals surface area contributed by atoms with E-state index in [2.05, 4.69) is 10.6 Å². The molecule has 0 aliphatic rings. The zero-order valence-electron chi connectivity index (χ0n) is 17.1. The van der Waals surface area contributed by atoms with Gasteiger partial charge in [0.15, 0.2) is 0 Å². The zero-order chi connectivity index (χ0) is 22.8. The van der Waals surface area contributed by atoms with Gasteiger partial charge < -0.3 is 20.1 Å². The van der Waals surface area contributed by atoms with Crippen LogP contribution >= 0.6 is 0 Å². The van der Waals surface area contributed by atoms with Crippen LogP contribution in [0.4, 0.5) is 22.7 Å². The summed E-state index contributed by atoms with van der Waals surface area (Å²) in [6, 6.07) is 19.9. The summed E-state index contributed by atoms with van der Waals surface area (Å²) in [6.45, 7) is 1.37. The number of nitro groups is 2. The van der Waals surface area contributed by atoms with Crippen molar-refractivity contribution in [2.75, 3.05) is 36.9 Å². The van der Waals surface area contributed by atoms with E-state index in [1.807, 2.05) is 0 Å². The van der Waals surface area contributed by atoms with Crippen LogP contribution in [-0.2, 0) is 0 Å². The van der Waals surface area contributed by atoms with Crippen LogP contribution in [0.3, 0.4) is 0 Å². The van der Waals surface area contributed by atoms with Gasteiger partial charge in [0, 0.05) is 31.3 Å². The van der Waals surface area contributed by atoms with Gasteiger partial charge in [-0.25, -0.2) is 0 Å². The smallest absolute Gasteiger partial charge is 0.292 e. The molecular weight excluding hydrogens is 416 g/mol. The second kappa shape index (κ2) is 11.2. The van der Waals surface area contributed by atoms with Crippen LogP contribution in [0.2, 0.25) is 0 Å². The van der Waals surface area contributed by atoms with Crippen LogP contribution in [0.5, 0.6) is 11.5 Å². The summed E-state index contributed by atoms with van der Waals surface area (Å²) in [6.07, 6.45) is 0. The molecule has 3 aromatic carbocycles. The quantitative estimate of drug-likeness (QED) is 0.240. The van der Waals surface area contributed by atoms with Crippen molar-refractivity contribution in [1.82, 2.24) is 0 Å². The van der Waals surface area contributed by atoms with E-state index in [1.165, 1.54) is 12.1 Å². The van der Waals surface area contributed by atoms with Gasteiger partial charge in [0.1, 0.15) is 36.1 Å². The maximum Gasteiger partial charge on any atom is 0.292 e.